The van der Waals surface area contributed by atoms with Crippen molar-refractivity contribution in [3.8, 4) is 16.9 Å². The number of halogens is 3. The van der Waals surface area contributed by atoms with Gasteiger partial charge in [0.2, 0.25) is 0 Å². The third kappa shape index (κ3) is 3.29. The van der Waals surface area contributed by atoms with E-state index >= 15 is 0 Å². The van der Waals surface area contributed by atoms with Crippen LogP contribution in [0.5, 0.6) is 0 Å². The zero-order valence-electron chi connectivity index (χ0n) is 12.7. The number of benzene rings is 2. The minimum atomic E-state index is -4.07. The molecule has 0 fully saturated rings. The lowest BCUT2D eigenvalue weighted by atomic mass is 10.1. The Morgan fingerprint density at radius 2 is 1.76 bits per heavy atom. The molecule has 0 aliphatic carbocycles. The molecule has 0 saturated carbocycles. The molecule has 2 aromatic carbocycles. The van der Waals surface area contributed by atoms with E-state index in [1.54, 1.807) is 24.3 Å². The Hall–Kier alpha value is -2.26. The molecule has 9 heteroatoms. The smallest absolute Gasteiger partial charge is 0.415 e. The molecule has 0 amide bonds. The third-order valence-electron chi connectivity index (χ3n) is 3.43. The molecule has 5 nitrogen and oxygen atoms in total. The minimum absolute atomic E-state index is 0.0341. The molecular weight excluding hydrogens is 420 g/mol. The summed E-state index contributed by atoms with van der Waals surface area (Å²) < 4.78 is 58.0. The maximum absolute atomic E-state index is 14.2. The number of oxazole rings is 1. The maximum atomic E-state index is 14.2. The summed E-state index contributed by atoms with van der Waals surface area (Å²) >= 11 is 3.27. The van der Waals surface area contributed by atoms with Gasteiger partial charge in [-0.15, -0.1) is 0 Å². The van der Waals surface area contributed by atoms with Crippen LogP contribution in [0.25, 0.3) is 16.9 Å². The van der Waals surface area contributed by atoms with Gasteiger partial charge in [-0.2, -0.15) is 0 Å². The molecule has 0 saturated heterocycles. The number of aromatic nitrogens is 1. The molecular formula is C16H10BrF2NO4S. The van der Waals surface area contributed by atoms with Crippen LogP contribution in [0.1, 0.15) is 0 Å². The van der Waals surface area contributed by atoms with Crippen LogP contribution in [-0.2, 0) is 9.84 Å². The van der Waals surface area contributed by atoms with E-state index < -0.39 is 32.1 Å². The number of nitrogens with zero attached hydrogens (tertiary/aromatic N) is 1. The van der Waals surface area contributed by atoms with Crippen molar-refractivity contribution in [1.82, 2.24) is 4.57 Å². The van der Waals surface area contributed by atoms with Crippen molar-refractivity contribution >= 4 is 25.8 Å². The van der Waals surface area contributed by atoms with Gasteiger partial charge >= 0.3 is 5.76 Å². The van der Waals surface area contributed by atoms with Gasteiger partial charge in [-0.05, 0) is 30.3 Å². The molecule has 0 spiro atoms. The normalized spacial score (nSPS) is 11.7. The van der Waals surface area contributed by atoms with Crippen molar-refractivity contribution in [2.45, 2.75) is 4.90 Å². The first-order valence-corrected chi connectivity index (χ1v) is 9.53. The van der Waals surface area contributed by atoms with Crippen molar-refractivity contribution in [2.75, 3.05) is 6.26 Å². The van der Waals surface area contributed by atoms with Gasteiger partial charge < -0.3 is 4.42 Å². The highest BCUT2D eigenvalue weighted by atomic mass is 79.9. The second kappa shape index (κ2) is 6.23. The molecule has 1 aromatic heterocycles. The van der Waals surface area contributed by atoms with Gasteiger partial charge in [0.1, 0.15) is 22.8 Å². The highest BCUT2D eigenvalue weighted by Crippen LogP contribution is 2.28. The summed E-state index contributed by atoms with van der Waals surface area (Å²) in [5, 5.41) is 0. The van der Waals surface area contributed by atoms with Crippen molar-refractivity contribution in [2.24, 2.45) is 0 Å². The summed E-state index contributed by atoms with van der Waals surface area (Å²) in [5.41, 5.74) is 0.463. The third-order valence-corrected chi connectivity index (χ3v) is 5.05. The van der Waals surface area contributed by atoms with Crippen LogP contribution in [-0.4, -0.2) is 19.2 Å². The average Bonchev–Trinajstić information content (AvgIpc) is 2.86. The van der Waals surface area contributed by atoms with E-state index in [0.29, 0.717) is 16.4 Å². The lowest BCUT2D eigenvalue weighted by Gasteiger charge is -2.09. The number of sulfone groups is 1. The van der Waals surface area contributed by atoms with Crippen LogP contribution >= 0.6 is 15.9 Å². The zero-order valence-corrected chi connectivity index (χ0v) is 15.1. The zero-order chi connectivity index (χ0) is 18.4. The highest BCUT2D eigenvalue weighted by Gasteiger charge is 2.23. The van der Waals surface area contributed by atoms with Crippen LogP contribution < -0.4 is 5.76 Å². The summed E-state index contributed by atoms with van der Waals surface area (Å²) in [6.45, 7) is 0. The standard InChI is InChI=1S/C16H10BrF2NO4S/c1-25(22,23)15-12(18)5-9(6-13(15)19)14-8-24-16(21)20(14)11-4-2-3-10(17)7-11/h2-8H,1H3. The van der Waals surface area contributed by atoms with Crippen LogP contribution in [0.3, 0.4) is 0 Å². The van der Waals surface area contributed by atoms with Crippen molar-refractivity contribution < 1.29 is 21.6 Å². The van der Waals surface area contributed by atoms with Gasteiger partial charge in [-0.1, -0.05) is 22.0 Å². The quantitative estimate of drug-likeness (QED) is 0.638. The molecule has 0 N–H and O–H groups in total. The SMILES string of the molecule is CS(=O)(=O)c1c(F)cc(-c2coc(=O)n2-c2cccc(Br)c2)cc1F. The Kier molecular flexibility index (Phi) is 4.38. The van der Waals surface area contributed by atoms with E-state index in [1.165, 1.54) is 0 Å². The summed E-state index contributed by atoms with van der Waals surface area (Å²) in [6.07, 6.45) is 1.76. The first-order chi connectivity index (χ1) is 11.7. The van der Waals surface area contributed by atoms with E-state index in [0.717, 1.165) is 23.0 Å². The van der Waals surface area contributed by atoms with Crippen LogP contribution in [0, 0.1) is 11.6 Å². The van der Waals surface area contributed by atoms with E-state index in [9.17, 15) is 22.0 Å². The summed E-state index contributed by atoms with van der Waals surface area (Å²) in [6, 6.07) is 8.35. The fourth-order valence-electron chi connectivity index (χ4n) is 2.43. The molecule has 25 heavy (non-hydrogen) atoms. The molecule has 0 radical (unpaired) electrons. The molecule has 3 rings (SSSR count). The van der Waals surface area contributed by atoms with Gasteiger partial charge in [-0.25, -0.2) is 26.6 Å². The maximum Gasteiger partial charge on any atom is 0.424 e. The minimum Gasteiger partial charge on any atom is -0.415 e. The van der Waals surface area contributed by atoms with Crippen LogP contribution in [0.2, 0.25) is 0 Å². The van der Waals surface area contributed by atoms with E-state index in [2.05, 4.69) is 15.9 Å². The molecule has 0 atom stereocenters. The Bertz CT molecular complexity index is 1110. The summed E-state index contributed by atoms with van der Waals surface area (Å²) in [7, 11) is -4.07. The molecule has 0 aliphatic heterocycles. The van der Waals surface area contributed by atoms with Gasteiger partial charge in [0.15, 0.2) is 9.84 Å². The molecule has 3 aromatic rings. The van der Waals surface area contributed by atoms with E-state index in [-0.39, 0.29) is 11.3 Å². The Labute approximate surface area is 149 Å². The fourth-order valence-corrected chi connectivity index (χ4v) is 3.64. The molecule has 0 bridgehead atoms. The van der Waals surface area contributed by atoms with Gasteiger partial charge in [0, 0.05) is 16.3 Å². The summed E-state index contributed by atoms with van der Waals surface area (Å²) in [5.74, 6) is -3.24. The second-order valence-corrected chi connectivity index (χ2v) is 8.11. The number of hydrogen-bond donors (Lipinski definition) is 0. The lowest BCUT2D eigenvalue weighted by Crippen LogP contribution is -2.13. The predicted molar refractivity (Wildman–Crippen MR) is 90.5 cm³/mol. The lowest BCUT2D eigenvalue weighted by molar-refractivity contribution is 0.504. The fraction of sp³-hybridized carbons (Fsp3) is 0.0625. The number of hydrogen-bond acceptors (Lipinski definition) is 4. The monoisotopic (exact) mass is 429 g/mol. The second-order valence-electron chi connectivity index (χ2n) is 5.24. The predicted octanol–water partition coefficient (Wildman–Crippen LogP) is 3.54. The first kappa shape index (κ1) is 17.6. The van der Waals surface area contributed by atoms with E-state index in [4.69, 9.17) is 4.42 Å². The molecule has 0 unspecified atom stereocenters. The van der Waals surface area contributed by atoms with Crippen LogP contribution in [0.15, 0.2) is 61.2 Å². The van der Waals surface area contributed by atoms with Crippen molar-refractivity contribution in [3.05, 3.63) is 69.3 Å². The van der Waals surface area contributed by atoms with E-state index in [1.807, 2.05) is 0 Å². The van der Waals surface area contributed by atoms with Gasteiger partial charge in [0.25, 0.3) is 0 Å². The largest absolute Gasteiger partial charge is 0.424 e. The van der Waals surface area contributed by atoms with Crippen molar-refractivity contribution in [1.29, 1.82) is 0 Å². The average molecular weight is 430 g/mol. The molecule has 0 aliphatic rings. The molecule has 1 heterocycles. The Balaban J connectivity index is 2.25. The van der Waals surface area contributed by atoms with Gasteiger partial charge in [-0.3, -0.25) is 0 Å². The molecule has 130 valence electrons. The van der Waals surface area contributed by atoms with Crippen LogP contribution in [0.4, 0.5) is 8.78 Å². The summed E-state index contributed by atoms with van der Waals surface area (Å²) in [4.78, 5) is 11.0. The first-order valence-electron chi connectivity index (χ1n) is 6.84. The van der Waals surface area contributed by atoms with Gasteiger partial charge in [0.05, 0.1) is 11.4 Å². The van der Waals surface area contributed by atoms with Crippen molar-refractivity contribution in [3.63, 3.8) is 0 Å². The Morgan fingerprint density at radius 1 is 1.12 bits per heavy atom. The highest BCUT2D eigenvalue weighted by molar-refractivity contribution is 9.10. The Morgan fingerprint density at radius 3 is 2.32 bits per heavy atom. The number of rotatable bonds is 3. The topological polar surface area (TPSA) is 69.3 Å².